The molecule has 1 unspecified atom stereocenters. The van der Waals surface area contributed by atoms with Gasteiger partial charge in [-0.15, -0.1) is 5.06 Å². The quantitative estimate of drug-likeness (QED) is 0.0389. The number of fused-ring (bicyclic) bond motifs is 2. The predicted molar refractivity (Wildman–Crippen MR) is 177 cm³/mol. The Balaban J connectivity index is 1.45. The van der Waals surface area contributed by atoms with E-state index >= 15 is 8.78 Å². The topological polar surface area (TPSA) is 128 Å². The van der Waals surface area contributed by atoms with Gasteiger partial charge < -0.3 is 14.3 Å². The molecule has 3 aromatic rings. The van der Waals surface area contributed by atoms with Crippen molar-refractivity contribution in [3.63, 3.8) is 0 Å². The van der Waals surface area contributed by atoms with Gasteiger partial charge in [-0.3, -0.25) is 9.59 Å². The molecule has 0 N–H and O–H groups in total. The number of hydrogen-bond acceptors (Lipinski definition) is 8. The van der Waals surface area contributed by atoms with Crippen molar-refractivity contribution in [1.29, 1.82) is 0 Å². The number of pyridine rings is 1. The first kappa shape index (κ1) is 37.6. The Hall–Kier alpha value is -4.63. The van der Waals surface area contributed by atoms with E-state index in [0.29, 0.717) is 11.5 Å². The summed E-state index contributed by atoms with van der Waals surface area (Å²) in [5.74, 6) is -9.83. The molecule has 1 saturated heterocycles. The summed E-state index contributed by atoms with van der Waals surface area (Å²) in [5.41, 5.74) is -0.341. The second-order valence-electron chi connectivity index (χ2n) is 12.8. The van der Waals surface area contributed by atoms with Gasteiger partial charge in [0, 0.05) is 60.4 Å². The van der Waals surface area contributed by atoms with E-state index in [0.717, 1.165) is 16.5 Å². The van der Waals surface area contributed by atoms with Gasteiger partial charge in [-0.05, 0) is 50.3 Å². The number of carbonyl (C=O) groups is 3. The second-order valence-corrected chi connectivity index (χ2v) is 14.4. The Morgan fingerprint density at radius 3 is 2.35 bits per heavy atom. The van der Waals surface area contributed by atoms with Crippen LogP contribution in [0.25, 0.3) is 17.0 Å². The third kappa shape index (κ3) is 7.99. The van der Waals surface area contributed by atoms with Gasteiger partial charge >= 0.3 is 5.97 Å². The normalized spacial score (nSPS) is 18.5. The zero-order valence-corrected chi connectivity index (χ0v) is 28.9. The molecule has 10 nitrogen and oxygen atoms in total. The van der Waals surface area contributed by atoms with E-state index in [4.69, 9.17) is 4.84 Å². The standard InChI is InChI=1S/C36H37F4N3O7S/c1-36(19-7-9-22-51(47,48)49)26(14-10-11-23-18-21-41(2)25-13-6-5-12-24(23)25)42(35-30(36)31(37)32(38)33(39)34(35)40)20-8-3-4-15-29(46)50-43-27(44)16-17-28(43)45/h5-6,10-14,18,21H,3-4,7-9,15-17,19-20,22H2,1-2H3. The largest absolute Gasteiger partial charge is 0.748 e. The highest BCUT2D eigenvalue weighted by molar-refractivity contribution is 7.85. The molecule has 0 bridgehead atoms. The van der Waals surface area contributed by atoms with Gasteiger partial charge in [0.25, 0.3) is 11.8 Å². The van der Waals surface area contributed by atoms with Crippen molar-refractivity contribution in [2.75, 3.05) is 17.2 Å². The van der Waals surface area contributed by atoms with E-state index in [1.165, 1.54) is 11.8 Å². The molecule has 1 atom stereocenters. The highest BCUT2D eigenvalue weighted by Gasteiger charge is 2.49. The van der Waals surface area contributed by atoms with Gasteiger partial charge in [0.05, 0.1) is 21.2 Å². The number of allylic oxidation sites excluding steroid dienone is 3. The summed E-state index contributed by atoms with van der Waals surface area (Å²) >= 11 is 0. The first-order valence-electron chi connectivity index (χ1n) is 16.5. The molecule has 15 heteroatoms. The van der Waals surface area contributed by atoms with Crippen LogP contribution in [-0.2, 0) is 41.8 Å². The molecule has 2 aliphatic rings. The number of amides is 2. The zero-order valence-electron chi connectivity index (χ0n) is 28.1. The summed E-state index contributed by atoms with van der Waals surface area (Å²) in [6.45, 7) is 1.52. The lowest BCUT2D eigenvalue weighted by Gasteiger charge is -2.30. The lowest BCUT2D eigenvalue weighted by atomic mass is 9.76. The molecule has 272 valence electrons. The van der Waals surface area contributed by atoms with E-state index < -0.39 is 73.6 Å². The van der Waals surface area contributed by atoms with Crippen LogP contribution >= 0.6 is 0 Å². The van der Waals surface area contributed by atoms with Gasteiger partial charge in [-0.2, -0.15) is 0 Å². The lowest BCUT2D eigenvalue weighted by Crippen LogP contribution is -2.32. The summed E-state index contributed by atoms with van der Waals surface area (Å²) in [6, 6.07) is 9.54. The molecule has 0 radical (unpaired) electrons. The monoisotopic (exact) mass is 731 g/mol. The highest BCUT2D eigenvalue weighted by Crippen LogP contribution is 2.54. The molecular formula is C36H37F4N3O7S. The molecule has 5 rings (SSSR count). The maximum Gasteiger partial charge on any atom is 0.333 e. The first-order valence-corrected chi connectivity index (χ1v) is 18.1. The van der Waals surface area contributed by atoms with Crippen molar-refractivity contribution >= 4 is 50.6 Å². The van der Waals surface area contributed by atoms with Crippen molar-refractivity contribution in [2.45, 2.75) is 70.1 Å². The number of aromatic nitrogens is 1. The van der Waals surface area contributed by atoms with Crippen LogP contribution in [0.15, 0.2) is 54.4 Å². The van der Waals surface area contributed by atoms with Crippen molar-refractivity contribution < 1.29 is 54.3 Å². The first-order chi connectivity index (χ1) is 24.1. The number of imide groups is 1. The van der Waals surface area contributed by atoms with Gasteiger partial charge in [0.1, 0.15) is 7.05 Å². The summed E-state index contributed by atoms with van der Waals surface area (Å²) in [5, 5.41) is 1.37. The van der Waals surface area contributed by atoms with Gasteiger partial charge in [-0.25, -0.2) is 35.3 Å². The summed E-state index contributed by atoms with van der Waals surface area (Å²) < 4.78 is 96.8. The van der Waals surface area contributed by atoms with E-state index in [1.54, 1.807) is 18.2 Å². The third-order valence-electron chi connectivity index (χ3n) is 9.31. The molecule has 0 aliphatic carbocycles. The van der Waals surface area contributed by atoms with Crippen LogP contribution < -0.4 is 9.47 Å². The number of carbonyl (C=O) groups excluding carboxylic acids is 3. The number of para-hydroxylation sites is 1. The van der Waals surface area contributed by atoms with Crippen LogP contribution in [-0.4, -0.2) is 48.1 Å². The van der Waals surface area contributed by atoms with Crippen LogP contribution in [0, 0.1) is 23.3 Å². The molecular weight excluding hydrogens is 694 g/mol. The Kier molecular flexibility index (Phi) is 11.3. The SMILES string of the molecule is C[n+]1ccc(C=CC=C2N(CCCCCC(=O)ON3C(=O)CCC3=O)c3c(F)c(F)c(F)c(F)c3C2(C)CCCCS(=O)(=O)[O-])c2ccccc21. The van der Waals surface area contributed by atoms with Gasteiger partial charge in [0.2, 0.25) is 5.52 Å². The fourth-order valence-electron chi connectivity index (χ4n) is 6.74. The molecule has 2 aromatic carbocycles. The minimum Gasteiger partial charge on any atom is -0.748 e. The van der Waals surface area contributed by atoms with E-state index in [9.17, 15) is 36.1 Å². The van der Waals surface area contributed by atoms with Crippen LogP contribution in [0.2, 0.25) is 0 Å². The molecule has 0 spiro atoms. The fraction of sp³-hybridized carbons (Fsp3) is 0.389. The van der Waals surface area contributed by atoms with Gasteiger partial charge in [-0.1, -0.05) is 37.1 Å². The Bertz CT molecular complexity index is 2040. The Labute approximate surface area is 292 Å². The summed E-state index contributed by atoms with van der Waals surface area (Å²) in [4.78, 5) is 42.0. The van der Waals surface area contributed by atoms with Crippen LogP contribution in [0.1, 0.15) is 75.8 Å². The summed E-state index contributed by atoms with van der Waals surface area (Å²) in [6.07, 6.45) is 7.46. The number of hydroxylamine groups is 2. The Morgan fingerprint density at radius 1 is 0.961 bits per heavy atom. The third-order valence-corrected chi connectivity index (χ3v) is 10.1. The Morgan fingerprint density at radius 2 is 1.65 bits per heavy atom. The molecule has 3 heterocycles. The molecule has 2 amide bonds. The number of hydrogen-bond donors (Lipinski definition) is 0. The number of halogens is 4. The highest BCUT2D eigenvalue weighted by atomic mass is 32.2. The number of rotatable bonds is 14. The van der Waals surface area contributed by atoms with Crippen molar-refractivity contribution in [3.05, 3.63) is 88.8 Å². The van der Waals surface area contributed by atoms with Gasteiger partial charge in [0.15, 0.2) is 29.5 Å². The second kappa shape index (κ2) is 15.3. The summed E-state index contributed by atoms with van der Waals surface area (Å²) in [7, 11) is -2.66. The minimum atomic E-state index is -4.55. The smallest absolute Gasteiger partial charge is 0.333 e. The number of aryl methyl sites for hydroxylation is 1. The minimum absolute atomic E-state index is 0.0130. The maximum atomic E-state index is 15.7. The number of anilines is 1. The molecule has 2 aliphatic heterocycles. The van der Waals surface area contributed by atoms with E-state index in [1.807, 2.05) is 48.1 Å². The van der Waals surface area contributed by atoms with Crippen LogP contribution in [0.3, 0.4) is 0 Å². The number of benzene rings is 2. The zero-order chi connectivity index (χ0) is 37.1. The number of unbranched alkanes of at least 4 members (excludes halogenated alkanes) is 3. The number of nitrogens with zero attached hydrogens (tertiary/aromatic N) is 3. The molecule has 1 fully saturated rings. The van der Waals surface area contributed by atoms with E-state index in [2.05, 4.69) is 0 Å². The fourth-order valence-corrected chi connectivity index (χ4v) is 7.29. The van der Waals surface area contributed by atoms with E-state index in [-0.39, 0.29) is 63.6 Å². The lowest BCUT2D eigenvalue weighted by molar-refractivity contribution is -0.644. The van der Waals surface area contributed by atoms with Crippen molar-refractivity contribution in [3.8, 4) is 0 Å². The van der Waals surface area contributed by atoms with Crippen molar-refractivity contribution in [2.24, 2.45) is 7.05 Å². The average Bonchev–Trinajstić information content (AvgIpc) is 3.53. The average molecular weight is 732 g/mol. The van der Waals surface area contributed by atoms with Crippen LogP contribution in [0.4, 0.5) is 23.2 Å². The van der Waals surface area contributed by atoms with Crippen LogP contribution in [0.5, 0.6) is 0 Å². The maximum absolute atomic E-state index is 15.7. The molecule has 0 saturated carbocycles. The molecule has 1 aromatic heterocycles. The molecule has 51 heavy (non-hydrogen) atoms. The van der Waals surface area contributed by atoms with Crippen molar-refractivity contribution in [1.82, 2.24) is 5.06 Å². The predicted octanol–water partition coefficient (Wildman–Crippen LogP) is 5.78.